The Kier molecular flexibility index (Phi) is 3.29. The molecule has 98 valence electrons. The molecule has 2 aromatic rings. The van der Waals surface area contributed by atoms with Crippen LogP contribution in [-0.4, -0.2) is 6.54 Å². The minimum absolute atomic E-state index is 0.666. The van der Waals surface area contributed by atoms with Crippen LogP contribution in [0.2, 0.25) is 10.0 Å². The van der Waals surface area contributed by atoms with Crippen LogP contribution >= 0.6 is 23.2 Å². The van der Waals surface area contributed by atoms with Gasteiger partial charge in [0.05, 0.1) is 0 Å². The summed E-state index contributed by atoms with van der Waals surface area (Å²) in [5.74, 6) is 0. The summed E-state index contributed by atoms with van der Waals surface area (Å²) in [4.78, 5) is 2.31. The van der Waals surface area contributed by atoms with E-state index in [1.54, 1.807) is 6.07 Å². The number of rotatable bonds is 2. The van der Waals surface area contributed by atoms with Crippen molar-refractivity contribution in [1.82, 2.24) is 0 Å². The number of fused-ring (bicyclic) bond motifs is 1. The highest BCUT2D eigenvalue weighted by Crippen LogP contribution is 2.32. The Morgan fingerprint density at radius 1 is 1.11 bits per heavy atom. The lowest BCUT2D eigenvalue weighted by molar-refractivity contribution is 0.836. The van der Waals surface area contributed by atoms with Crippen LogP contribution in [0.1, 0.15) is 11.1 Å². The van der Waals surface area contributed by atoms with Crippen molar-refractivity contribution in [3.8, 4) is 0 Å². The van der Waals surface area contributed by atoms with Crippen LogP contribution in [0.4, 0.5) is 11.4 Å². The van der Waals surface area contributed by atoms with Crippen LogP contribution in [0.15, 0.2) is 36.4 Å². The summed E-state index contributed by atoms with van der Waals surface area (Å²) in [5, 5.41) is 1.38. The van der Waals surface area contributed by atoms with Gasteiger partial charge in [-0.1, -0.05) is 35.3 Å². The topological polar surface area (TPSA) is 29.3 Å². The Morgan fingerprint density at radius 2 is 1.95 bits per heavy atom. The molecule has 0 atom stereocenters. The van der Waals surface area contributed by atoms with Gasteiger partial charge in [0.25, 0.3) is 0 Å². The van der Waals surface area contributed by atoms with Crippen LogP contribution < -0.4 is 10.6 Å². The van der Waals surface area contributed by atoms with Gasteiger partial charge in [-0.25, -0.2) is 0 Å². The van der Waals surface area contributed by atoms with Gasteiger partial charge in [-0.3, -0.25) is 0 Å². The molecule has 0 spiro atoms. The lowest BCUT2D eigenvalue weighted by Crippen LogP contribution is -2.19. The van der Waals surface area contributed by atoms with Crippen LogP contribution in [0.25, 0.3) is 0 Å². The maximum atomic E-state index is 6.23. The molecule has 2 nitrogen and oxygen atoms in total. The second kappa shape index (κ2) is 4.95. The van der Waals surface area contributed by atoms with Crippen molar-refractivity contribution in [1.29, 1.82) is 0 Å². The SMILES string of the molecule is Nc1ccc2c(c1)N(Cc1ccc(Cl)cc1Cl)CC2. The number of nitrogens with zero attached hydrogens (tertiary/aromatic N) is 1. The molecular weight excluding hydrogens is 279 g/mol. The van der Waals surface area contributed by atoms with Gasteiger partial charge in [-0.2, -0.15) is 0 Å². The zero-order valence-electron chi connectivity index (χ0n) is 10.4. The van der Waals surface area contributed by atoms with Crippen molar-refractivity contribution in [2.75, 3.05) is 17.2 Å². The van der Waals surface area contributed by atoms with E-state index in [0.29, 0.717) is 10.0 Å². The van der Waals surface area contributed by atoms with Crippen LogP contribution in [-0.2, 0) is 13.0 Å². The number of halogens is 2. The summed E-state index contributed by atoms with van der Waals surface area (Å²) in [5.41, 5.74) is 10.3. The van der Waals surface area contributed by atoms with Crippen molar-refractivity contribution in [2.24, 2.45) is 0 Å². The predicted octanol–water partition coefficient (Wildman–Crippen LogP) is 4.14. The van der Waals surface area contributed by atoms with E-state index in [-0.39, 0.29) is 0 Å². The second-order valence-electron chi connectivity index (χ2n) is 4.80. The number of hydrogen-bond donors (Lipinski definition) is 1. The second-order valence-corrected chi connectivity index (χ2v) is 5.64. The third-order valence-electron chi connectivity index (χ3n) is 3.48. The molecule has 0 bridgehead atoms. The zero-order valence-corrected chi connectivity index (χ0v) is 11.9. The fourth-order valence-electron chi connectivity index (χ4n) is 2.48. The van der Waals surface area contributed by atoms with E-state index in [9.17, 15) is 0 Å². The molecular formula is C15H14Cl2N2. The molecule has 0 radical (unpaired) electrons. The minimum Gasteiger partial charge on any atom is -0.399 e. The molecule has 19 heavy (non-hydrogen) atoms. The van der Waals surface area contributed by atoms with Crippen LogP contribution in [0.5, 0.6) is 0 Å². The van der Waals surface area contributed by atoms with Crippen molar-refractivity contribution in [3.63, 3.8) is 0 Å². The van der Waals surface area contributed by atoms with E-state index in [1.165, 1.54) is 11.3 Å². The van der Waals surface area contributed by atoms with Gasteiger partial charge in [-0.15, -0.1) is 0 Å². The highest BCUT2D eigenvalue weighted by atomic mass is 35.5. The van der Waals surface area contributed by atoms with Crippen molar-refractivity contribution < 1.29 is 0 Å². The number of nitrogen functional groups attached to an aromatic ring is 1. The van der Waals surface area contributed by atoms with E-state index in [1.807, 2.05) is 24.3 Å². The van der Waals surface area contributed by atoms with Gasteiger partial charge in [0, 0.05) is 34.5 Å². The molecule has 2 N–H and O–H groups in total. The molecule has 2 aromatic carbocycles. The Balaban J connectivity index is 1.88. The molecule has 1 aliphatic rings. The third-order valence-corrected chi connectivity index (χ3v) is 4.06. The summed E-state index contributed by atoms with van der Waals surface area (Å²) >= 11 is 12.2. The van der Waals surface area contributed by atoms with E-state index >= 15 is 0 Å². The largest absolute Gasteiger partial charge is 0.399 e. The van der Waals surface area contributed by atoms with E-state index in [2.05, 4.69) is 11.0 Å². The van der Waals surface area contributed by atoms with Gasteiger partial charge in [-0.05, 0) is 41.8 Å². The Hall–Kier alpha value is -1.38. The fourth-order valence-corrected chi connectivity index (χ4v) is 2.95. The Morgan fingerprint density at radius 3 is 2.74 bits per heavy atom. The molecule has 0 fully saturated rings. The average Bonchev–Trinajstić information content (AvgIpc) is 2.75. The first-order valence-corrected chi connectivity index (χ1v) is 6.96. The molecule has 0 unspecified atom stereocenters. The van der Waals surface area contributed by atoms with Crippen molar-refractivity contribution >= 4 is 34.6 Å². The maximum absolute atomic E-state index is 6.23. The average molecular weight is 293 g/mol. The zero-order chi connectivity index (χ0) is 13.4. The predicted molar refractivity (Wildman–Crippen MR) is 82.1 cm³/mol. The van der Waals surface area contributed by atoms with E-state index in [4.69, 9.17) is 28.9 Å². The molecule has 0 amide bonds. The normalized spacial score (nSPS) is 13.7. The highest BCUT2D eigenvalue weighted by molar-refractivity contribution is 6.35. The Labute approximate surface area is 122 Å². The smallest absolute Gasteiger partial charge is 0.0470 e. The number of hydrogen-bond acceptors (Lipinski definition) is 2. The standard InChI is InChI=1S/C15H14Cl2N2/c16-12-3-1-11(14(17)7-12)9-19-6-5-10-2-4-13(18)8-15(10)19/h1-4,7-8H,5-6,9,18H2. The molecule has 1 aliphatic heterocycles. The van der Waals surface area contributed by atoms with Crippen molar-refractivity contribution in [3.05, 3.63) is 57.6 Å². The lowest BCUT2D eigenvalue weighted by Gasteiger charge is -2.20. The number of nitrogens with two attached hydrogens (primary N) is 1. The summed E-state index contributed by atoms with van der Waals surface area (Å²) in [6.45, 7) is 1.78. The van der Waals surface area contributed by atoms with Gasteiger partial charge in [0.15, 0.2) is 0 Å². The van der Waals surface area contributed by atoms with E-state index < -0.39 is 0 Å². The highest BCUT2D eigenvalue weighted by Gasteiger charge is 2.19. The molecule has 0 aromatic heterocycles. The summed E-state index contributed by atoms with van der Waals surface area (Å²) in [7, 11) is 0. The molecule has 3 rings (SSSR count). The fraction of sp³-hybridized carbons (Fsp3) is 0.200. The molecule has 4 heteroatoms. The van der Waals surface area contributed by atoms with Gasteiger partial charge in [0.1, 0.15) is 0 Å². The minimum atomic E-state index is 0.666. The summed E-state index contributed by atoms with van der Waals surface area (Å²) < 4.78 is 0. The van der Waals surface area contributed by atoms with Gasteiger partial charge >= 0.3 is 0 Å². The first-order valence-electron chi connectivity index (χ1n) is 6.21. The third kappa shape index (κ3) is 2.51. The van der Waals surface area contributed by atoms with Crippen LogP contribution in [0.3, 0.4) is 0 Å². The Bertz CT molecular complexity index is 626. The molecule has 0 aliphatic carbocycles. The number of anilines is 2. The summed E-state index contributed by atoms with van der Waals surface area (Å²) in [6.07, 6.45) is 1.06. The van der Waals surface area contributed by atoms with Gasteiger partial charge < -0.3 is 10.6 Å². The molecule has 0 saturated carbocycles. The first-order chi connectivity index (χ1) is 9.13. The molecule has 0 saturated heterocycles. The van der Waals surface area contributed by atoms with Crippen LogP contribution in [0, 0.1) is 0 Å². The summed E-state index contributed by atoms with van der Waals surface area (Å²) in [6, 6.07) is 11.7. The first kappa shape index (κ1) is 12.6. The number of benzene rings is 2. The quantitative estimate of drug-likeness (QED) is 0.843. The van der Waals surface area contributed by atoms with Crippen molar-refractivity contribution in [2.45, 2.75) is 13.0 Å². The lowest BCUT2D eigenvalue weighted by atomic mass is 10.1. The van der Waals surface area contributed by atoms with E-state index in [0.717, 1.165) is 30.8 Å². The monoisotopic (exact) mass is 292 g/mol. The molecule has 1 heterocycles. The maximum Gasteiger partial charge on any atom is 0.0470 e. The van der Waals surface area contributed by atoms with Gasteiger partial charge in [0.2, 0.25) is 0 Å².